The van der Waals surface area contributed by atoms with E-state index in [9.17, 15) is 9.59 Å². The summed E-state index contributed by atoms with van der Waals surface area (Å²) in [6.07, 6.45) is 13.0. The highest BCUT2D eigenvalue weighted by molar-refractivity contribution is 5.71. The molecule has 0 amide bonds. The third-order valence-electron chi connectivity index (χ3n) is 4.08. The maximum atomic E-state index is 11.6. The number of aliphatic hydroxyl groups excluding tert-OH is 1. The highest BCUT2D eigenvalue weighted by atomic mass is 16.6. The fourth-order valence-electron chi connectivity index (χ4n) is 2.55. The van der Waals surface area contributed by atoms with E-state index >= 15 is 0 Å². The van der Waals surface area contributed by atoms with E-state index in [2.05, 4.69) is 6.92 Å². The lowest BCUT2D eigenvalue weighted by atomic mass is 10.1. The Morgan fingerprint density at radius 3 is 1.88 bits per heavy atom. The van der Waals surface area contributed by atoms with Gasteiger partial charge in [-0.1, -0.05) is 71.1 Å². The second-order valence-electron chi connectivity index (χ2n) is 6.47. The zero-order valence-corrected chi connectivity index (χ0v) is 15.8. The molecule has 0 saturated carbocycles. The summed E-state index contributed by atoms with van der Waals surface area (Å²) in [7, 11) is 0. The van der Waals surface area contributed by atoms with E-state index in [1.165, 1.54) is 51.4 Å². The Hall–Kier alpha value is -1.14. The van der Waals surface area contributed by atoms with Gasteiger partial charge in [-0.3, -0.25) is 9.59 Å². The predicted octanol–water partition coefficient (Wildman–Crippen LogP) is 3.09. The maximum Gasteiger partial charge on any atom is 0.320 e. The van der Waals surface area contributed by atoms with Crippen molar-refractivity contribution >= 4 is 11.9 Å². The number of nitrogens with two attached hydrogens (primary N) is 1. The minimum Gasteiger partial charge on any atom is -0.462 e. The van der Waals surface area contributed by atoms with Crippen molar-refractivity contribution in [3.63, 3.8) is 0 Å². The molecule has 0 aliphatic carbocycles. The van der Waals surface area contributed by atoms with Gasteiger partial charge in [-0.25, -0.2) is 0 Å². The molecule has 0 bridgehead atoms. The van der Waals surface area contributed by atoms with E-state index < -0.39 is 18.7 Å². The molecule has 6 nitrogen and oxygen atoms in total. The first-order chi connectivity index (χ1) is 12.1. The van der Waals surface area contributed by atoms with Crippen molar-refractivity contribution in [3.8, 4) is 0 Å². The van der Waals surface area contributed by atoms with Crippen molar-refractivity contribution in [1.29, 1.82) is 0 Å². The Labute approximate surface area is 152 Å². The molecular formula is C19H37NO5. The minimum atomic E-state index is -0.836. The smallest absolute Gasteiger partial charge is 0.320 e. The van der Waals surface area contributed by atoms with Crippen LogP contribution >= 0.6 is 0 Å². The molecular weight excluding hydrogens is 322 g/mol. The summed E-state index contributed by atoms with van der Waals surface area (Å²) in [5, 5.41) is 9.05. The minimum absolute atomic E-state index is 0.126. The summed E-state index contributed by atoms with van der Waals surface area (Å²) in [6, 6.07) is 0. The van der Waals surface area contributed by atoms with Crippen LogP contribution in [0.3, 0.4) is 0 Å². The van der Waals surface area contributed by atoms with Crippen LogP contribution in [0, 0.1) is 0 Å². The first-order valence-electron chi connectivity index (χ1n) is 9.80. The topological polar surface area (TPSA) is 98.9 Å². The largest absolute Gasteiger partial charge is 0.462 e. The molecule has 148 valence electrons. The number of carbonyl (C=O) groups is 2. The van der Waals surface area contributed by atoms with Crippen LogP contribution in [0.25, 0.3) is 0 Å². The lowest BCUT2D eigenvalue weighted by molar-refractivity contribution is -0.160. The number of aliphatic hydroxyl groups is 1. The second-order valence-corrected chi connectivity index (χ2v) is 6.47. The summed E-state index contributed by atoms with van der Waals surface area (Å²) in [6.45, 7) is 1.46. The van der Waals surface area contributed by atoms with Gasteiger partial charge in [0.15, 0.2) is 6.10 Å². The van der Waals surface area contributed by atoms with Crippen LogP contribution in [0.5, 0.6) is 0 Å². The van der Waals surface area contributed by atoms with Crippen LogP contribution in [-0.2, 0) is 19.1 Å². The maximum absolute atomic E-state index is 11.6. The van der Waals surface area contributed by atoms with Crippen molar-refractivity contribution < 1.29 is 24.2 Å². The molecule has 0 saturated heterocycles. The fourth-order valence-corrected chi connectivity index (χ4v) is 2.55. The van der Waals surface area contributed by atoms with E-state index in [-0.39, 0.29) is 19.1 Å². The van der Waals surface area contributed by atoms with E-state index in [1.807, 2.05) is 0 Å². The molecule has 0 aromatic rings. The molecule has 6 heteroatoms. The molecule has 25 heavy (non-hydrogen) atoms. The molecule has 1 unspecified atom stereocenters. The van der Waals surface area contributed by atoms with Crippen molar-refractivity contribution in [3.05, 3.63) is 0 Å². The van der Waals surface area contributed by atoms with Gasteiger partial charge in [-0.05, 0) is 6.42 Å². The lowest BCUT2D eigenvalue weighted by Crippen LogP contribution is -2.31. The molecule has 0 spiro atoms. The van der Waals surface area contributed by atoms with Crippen LogP contribution in [-0.4, -0.2) is 42.9 Å². The standard InChI is InChI=1S/C19H37NO5/c1-2-3-4-5-6-7-8-9-10-11-12-13-18(22)24-16-17(15-21)25-19(23)14-20/h17,21H,2-16,20H2,1H3. The normalized spacial score (nSPS) is 12.0. The number of carbonyl (C=O) groups excluding carboxylic acids is 2. The highest BCUT2D eigenvalue weighted by Gasteiger charge is 2.15. The monoisotopic (exact) mass is 359 g/mol. The van der Waals surface area contributed by atoms with E-state index in [1.54, 1.807) is 0 Å². The quantitative estimate of drug-likeness (QED) is 0.306. The summed E-state index contributed by atoms with van der Waals surface area (Å²) in [5.74, 6) is -0.946. The number of rotatable bonds is 17. The summed E-state index contributed by atoms with van der Waals surface area (Å²) in [4.78, 5) is 22.6. The van der Waals surface area contributed by atoms with Crippen molar-refractivity contribution in [2.45, 2.75) is 90.1 Å². The molecule has 0 aliphatic rings. The average Bonchev–Trinajstić information content (AvgIpc) is 2.62. The van der Waals surface area contributed by atoms with Gasteiger partial charge in [0, 0.05) is 6.42 Å². The Kier molecular flexibility index (Phi) is 16.9. The van der Waals surface area contributed by atoms with Gasteiger partial charge in [0.05, 0.1) is 13.2 Å². The second kappa shape index (κ2) is 17.7. The molecule has 1 atom stereocenters. The van der Waals surface area contributed by atoms with Crippen molar-refractivity contribution in [1.82, 2.24) is 0 Å². The van der Waals surface area contributed by atoms with Gasteiger partial charge in [0.25, 0.3) is 0 Å². The van der Waals surface area contributed by atoms with Crippen LogP contribution in [0.2, 0.25) is 0 Å². The number of hydrogen-bond donors (Lipinski definition) is 2. The molecule has 0 aromatic heterocycles. The Morgan fingerprint density at radius 1 is 0.880 bits per heavy atom. The van der Waals surface area contributed by atoms with Crippen LogP contribution in [0.15, 0.2) is 0 Å². The number of hydrogen-bond acceptors (Lipinski definition) is 6. The number of esters is 2. The van der Waals surface area contributed by atoms with Crippen molar-refractivity contribution in [2.24, 2.45) is 5.73 Å². The van der Waals surface area contributed by atoms with Gasteiger partial charge in [-0.15, -0.1) is 0 Å². The Bertz CT molecular complexity index is 336. The summed E-state index contributed by atoms with van der Waals surface area (Å²) in [5.41, 5.74) is 5.12. The van der Waals surface area contributed by atoms with Gasteiger partial charge in [0.1, 0.15) is 6.61 Å². The first-order valence-corrected chi connectivity index (χ1v) is 9.80. The van der Waals surface area contributed by atoms with Gasteiger partial charge < -0.3 is 20.3 Å². The van der Waals surface area contributed by atoms with Gasteiger partial charge >= 0.3 is 11.9 Å². The highest BCUT2D eigenvalue weighted by Crippen LogP contribution is 2.12. The molecule has 0 heterocycles. The van der Waals surface area contributed by atoms with Crippen LogP contribution in [0.1, 0.15) is 84.0 Å². The number of unbranched alkanes of at least 4 members (excludes halogenated alkanes) is 10. The van der Waals surface area contributed by atoms with Gasteiger partial charge in [0.2, 0.25) is 0 Å². The van der Waals surface area contributed by atoms with E-state index in [0.29, 0.717) is 6.42 Å². The molecule has 0 aliphatic heterocycles. The first kappa shape index (κ1) is 23.9. The SMILES string of the molecule is CCCCCCCCCCCCCC(=O)OCC(CO)OC(=O)CN. The van der Waals surface area contributed by atoms with Crippen molar-refractivity contribution in [2.75, 3.05) is 19.8 Å². The molecule has 0 rings (SSSR count). The van der Waals surface area contributed by atoms with Crippen LogP contribution in [0.4, 0.5) is 0 Å². The average molecular weight is 360 g/mol. The molecule has 0 aromatic carbocycles. The zero-order valence-electron chi connectivity index (χ0n) is 15.8. The van der Waals surface area contributed by atoms with Gasteiger partial charge in [-0.2, -0.15) is 0 Å². The van der Waals surface area contributed by atoms with Crippen LogP contribution < -0.4 is 5.73 Å². The fraction of sp³-hybridized carbons (Fsp3) is 0.895. The van der Waals surface area contributed by atoms with E-state index in [4.69, 9.17) is 20.3 Å². The Morgan fingerprint density at radius 2 is 1.40 bits per heavy atom. The third kappa shape index (κ3) is 16.1. The molecule has 0 radical (unpaired) electrons. The Balaban J connectivity index is 3.44. The molecule has 3 N–H and O–H groups in total. The predicted molar refractivity (Wildman–Crippen MR) is 98.1 cm³/mol. The zero-order chi connectivity index (χ0) is 18.8. The summed E-state index contributed by atoms with van der Waals surface area (Å²) >= 11 is 0. The lowest BCUT2D eigenvalue weighted by Gasteiger charge is -2.15. The molecule has 0 fully saturated rings. The van der Waals surface area contributed by atoms with E-state index in [0.717, 1.165) is 19.3 Å². The number of ether oxygens (including phenoxy) is 2. The third-order valence-corrected chi connectivity index (χ3v) is 4.08. The summed E-state index contributed by atoms with van der Waals surface area (Å²) < 4.78 is 9.83.